The molecule has 30 heavy (non-hydrogen) atoms. The molecule has 2 bridgehead atoms. The van der Waals surface area contributed by atoms with Crippen LogP contribution < -0.4 is 5.73 Å². The number of amides is 1. The van der Waals surface area contributed by atoms with Crippen molar-refractivity contribution in [2.24, 2.45) is 23.5 Å². The molecule has 3 aliphatic rings. The molecule has 0 spiro atoms. The molecule has 6 nitrogen and oxygen atoms in total. The highest BCUT2D eigenvalue weighted by Gasteiger charge is 2.43. The highest BCUT2D eigenvalue weighted by atomic mass is 35.5. The number of benzene rings is 1. The van der Waals surface area contributed by atoms with Crippen LogP contribution in [0.5, 0.6) is 0 Å². The Hall–Kier alpha value is -1.92. The Labute approximate surface area is 184 Å². The molecule has 3 atom stereocenters. The van der Waals surface area contributed by atoms with Crippen molar-refractivity contribution in [3.8, 4) is 11.4 Å². The minimum atomic E-state index is -0.100. The molecule has 2 saturated carbocycles. The van der Waals surface area contributed by atoms with Crippen molar-refractivity contribution in [2.75, 3.05) is 6.54 Å². The molecule has 1 amide bonds. The van der Waals surface area contributed by atoms with E-state index in [-0.39, 0.29) is 36.3 Å². The Balaban J connectivity index is 0.00000218. The lowest BCUT2D eigenvalue weighted by molar-refractivity contribution is -0.143. The Morgan fingerprint density at radius 3 is 2.50 bits per heavy atom. The van der Waals surface area contributed by atoms with E-state index in [9.17, 15) is 4.79 Å². The third-order valence-corrected chi connectivity index (χ3v) is 7.31. The number of nitrogens with zero attached hydrogens (tertiary/aromatic N) is 3. The van der Waals surface area contributed by atoms with Crippen molar-refractivity contribution in [1.29, 1.82) is 0 Å². The monoisotopic (exact) mass is 430 g/mol. The first-order valence-electron chi connectivity index (χ1n) is 11.2. The quantitative estimate of drug-likeness (QED) is 0.781. The van der Waals surface area contributed by atoms with Gasteiger partial charge in [0.15, 0.2) is 0 Å². The maximum atomic E-state index is 13.5. The third kappa shape index (κ3) is 4.00. The van der Waals surface area contributed by atoms with Crippen molar-refractivity contribution in [3.63, 3.8) is 0 Å². The number of rotatable bonds is 3. The van der Waals surface area contributed by atoms with Gasteiger partial charge in [-0.25, -0.2) is 0 Å². The molecule has 1 aromatic heterocycles. The number of fused-ring (bicyclic) bond motifs is 2. The van der Waals surface area contributed by atoms with Crippen LogP contribution in [0.1, 0.15) is 63.3 Å². The predicted molar refractivity (Wildman–Crippen MR) is 117 cm³/mol. The first kappa shape index (κ1) is 21.3. The van der Waals surface area contributed by atoms with Crippen LogP contribution in [0, 0.1) is 17.8 Å². The van der Waals surface area contributed by atoms with Gasteiger partial charge in [0, 0.05) is 24.1 Å². The number of hydrogen-bond donors (Lipinski definition) is 1. The van der Waals surface area contributed by atoms with E-state index in [1.165, 1.54) is 19.3 Å². The fraction of sp³-hybridized carbons (Fsp3) is 0.609. The van der Waals surface area contributed by atoms with Crippen LogP contribution in [0.4, 0.5) is 0 Å². The lowest BCUT2D eigenvalue weighted by Crippen LogP contribution is -2.50. The molecule has 5 rings (SSSR count). The highest BCUT2D eigenvalue weighted by Crippen LogP contribution is 2.43. The average molecular weight is 431 g/mol. The number of hydrogen-bond acceptors (Lipinski definition) is 5. The second kappa shape index (κ2) is 9.06. The Kier molecular flexibility index (Phi) is 6.44. The molecule has 2 N–H and O–H groups in total. The van der Waals surface area contributed by atoms with E-state index < -0.39 is 0 Å². The summed E-state index contributed by atoms with van der Waals surface area (Å²) >= 11 is 0. The first-order valence-corrected chi connectivity index (χ1v) is 11.2. The molecule has 3 unspecified atom stereocenters. The molecule has 2 aromatic rings. The van der Waals surface area contributed by atoms with Gasteiger partial charge in [-0.15, -0.1) is 12.4 Å². The SMILES string of the molecule is Cl.NC1C2CCCC1CC(C(=O)N1CCCCC1c1nc(-c3ccccc3)no1)C2. The number of aromatic nitrogens is 2. The van der Waals surface area contributed by atoms with Crippen LogP contribution in [-0.4, -0.2) is 33.5 Å². The Morgan fingerprint density at radius 1 is 1.03 bits per heavy atom. The molecular weight excluding hydrogens is 400 g/mol. The molecular formula is C23H31ClN4O2. The zero-order valence-corrected chi connectivity index (χ0v) is 18.1. The maximum Gasteiger partial charge on any atom is 0.249 e. The van der Waals surface area contributed by atoms with Crippen LogP contribution >= 0.6 is 12.4 Å². The minimum absolute atomic E-state index is 0. The highest BCUT2D eigenvalue weighted by molar-refractivity contribution is 5.85. The van der Waals surface area contributed by atoms with E-state index in [2.05, 4.69) is 10.1 Å². The largest absolute Gasteiger partial charge is 0.337 e. The van der Waals surface area contributed by atoms with E-state index in [1.807, 2.05) is 35.2 Å². The van der Waals surface area contributed by atoms with Crippen molar-refractivity contribution >= 4 is 18.3 Å². The lowest BCUT2D eigenvalue weighted by Gasteiger charge is -2.45. The minimum Gasteiger partial charge on any atom is -0.337 e. The molecule has 7 heteroatoms. The Bertz CT molecular complexity index is 844. The molecule has 162 valence electrons. The van der Waals surface area contributed by atoms with E-state index in [1.54, 1.807) is 0 Å². The van der Waals surface area contributed by atoms with E-state index in [4.69, 9.17) is 10.3 Å². The zero-order valence-electron chi connectivity index (χ0n) is 17.3. The summed E-state index contributed by atoms with van der Waals surface area (Å²) in [5, 5.41) is 4.18. The molecule has 1 aliphatic heterocycles. The van der Waals surface area contributed by atoms with Crippen LogP contribution in [0.25, 0.3) is 11.4 Å². The lowest BCUT2D eigenvalue weighted by atomic mass is 9.64. The molecule has 1 saturated heterocycles. The van der Waals surface area contributed by atoms with Gasteiger partial charge in [0.2, 0.25) is 17.6 Å². The molecule has 2 heterocycles. The van der Waals surface area contributed by atoms with Gasteiger partial charge in [-0.2, -0.15) is 4.98 Å². The number of likely N-dealkylation sites (tertiary alicyclic amines) is 1. The molecule has 1 aromatic carbocycles. The maximum absolute atomic E-state index is 13.5. The van der Waals surface area contributed by atoms with Gasteiger partial charge >= 0.3 is 0 Å². The second-order valence-corrected chi connectivity index (χ2v) is 9.06. The summed E-state index contributed by atoms with van der Waals surface area (Å²) in [7, 11) is 0. The standard InChI is InChI=1S/C23H30N4O2.ClH/c24-20-16-9-6-10-17(20)14-18(13-16)23(28)27-12-5-4-11-19(27)22-25-21(26-29-22)15-7-2-1-3-8-15;/h1-3,7-8,16-20H,4-6,9-14,24H2;1H. The fourth-order valence-electron chi connectivity index (χ4n) is 5.75. The Morgan fingerprint density at radius 2 is 1.77 bits per heavy atom. The van der Waals surface area contributed by atoms with Crippen molar-refractivity contribution in [1.82, 2.24) is 15.0 Å². The van der Waals surface area contributed by atoms with Crippen LogP contribution in [-0.2, 0) is 4.79 Å². The smallest absolute Gasteiger partial charge is 0.249 e. The number of piperidine rings is 1. The second-order valence-electron chi connectivity index (χ2n) is 9.06. The van der Waals surface area contributed by atoms with Crippen LogP contribution in [0.15, 0.2) is 34.9 Å². The van der Waals surface area contributed by atoms with Crippen LogP contribution in [0.3, 0.4) is 0 Å². The van der Waals surface area contributed by atoms with E-state index in [0.717, 1.165) is 44.2 Å². The van der Waals surface area contributed by atoms with Crippen LogP contribution in [0.2, 0.25) is 0 Å². The summed E-state index contributed by atoms with van der Waals surface area (Å²) in [5.41, 5.74) is 7.38. The van der Waals surface area contributed by atoms with Gasteiger partial charge in [-0.05, 0) is 56.8 Å². The number of carbonyl (C=O) groups is 1. The van der Waals surface area contributed by atoms with Crippen molar-refractivity contribution in [3.05, 3.63) is 36.2 Å². The summed E-state index contributed by atoms with van der Waals surface area (Å²) < 4.78 is 5.64. The van der Waals surface area contributed by atoms with Gasteiger partial charge in [-0.1, -0.05) is 41.9 Å². The summed E-state index contributed by atoms with van der Waals surface area (Å²) in [5.74, 6) is 2.56. The molecule has 3 fully saturated rings. The van der Waals surface area contributed by atoms with Gasteiger partial charge in [0.1, 0.15) is 6.04 Å². The fourth-order valence-corrected chi connectivity index (χ4v) is 5.75. The molecule has 0 radical (unpaired) electrons. The zero-order chi connectivity index (χ0) is 19.8. The van der Waals surface area contributed by atoms with Crippen molar-refractivity contribution in [2.45, 2.75) is 63.5 Å². The van der Waals surface area contributed by atoms with Gasteiger partial charge < -0.3 is 15.2 Å². The third-order valence-electron chi connectivity index (χ3n) is 7.31. The van der Waals surface area contributed by atoms with E-state index >= 15 is 0 Å². The van der Waals surface area contributed by atoms with E-state index in [0.29, 0.717) is 23.6 Å². The normalized spacial score (nSPS) is 31.1. The molecule has 2 aliphatic carbocycles. The number of carbonyl (C=O) groups excluding carboxylic acids is 1. The number of nitrogens with two attached hydrogens (primary N) is 1. The average Bonchev–Trinajstić information content (AvgIpc) is 3.24. The number of halogens is 1. The van der Waals surface area contributed by atoms with Crippen molar-refractivity contribution < 1.29 is 9.32 Å². The predicted octanol–water partition coefficient (Wildman–Crippen LogP) is 4.37. The summed E-state index contributed by atoms with van der Waals surface area (Å²) in [6, 6.07) is 10.0. The summed E-state index contributed by atoms with van der Waals surface area (Å²) in [4.78, 5) is 20.2. The first-order chi connectivity index (χ1) is 14.2. The van der Waals surface area contributed by atoms with Gasteiger partial charge in [0.05, 0.1) is 0 Å². The van der Waals surface area contributed by atoms with Gasteiger partial charge in [-0.3, -0.25) is 4.79 Å². The summed E-state index contributed by atoms with van der Waals surface area (Å²) in [6.07, 6.45) is 8.52. The topological polar surface area (TPSA) is 85.3 Å². The van der Waals surface area contributed by atoms with Gasteiger partial charge in [0.25, 0.3) is 0 Å². The summed E-state index contributed by atoms with van der Waals surface area (Å²) in [6.45, 7) is 0.782.